The Hall–Kier alpha value is -6.42. The van der Waals surface area contributed by atoms with E-state index in [0.717, 1.165) is 11.1 Å². The number of Topliss-reactive ketones (excluding diaryl/α,β-unsaturated/α-hetero) is 1. The first kappa shape index (κ1) is 33.9. The van der Waals surface area contributed by atoms with E-state index in [1.165, 1.54) is 7.11 Å². The summed E-state index contributed by atoms with van der Waals surface area (Å²) in [6, 6.07) is 34.1. The quantitative estimate of drug-likeness (QED) is 0.0514. The SMILES string of the molecule is COc1cc([C@@H](Nc2ccc(C(=N)N)cc2)C(=O)N[C@H](C(=O)O)c2ccccc2)c(C(=O)Cc2ccccc2)cc1OCc1ccccc1. The maximum absolute atomic E-state index is 14.3. The number of hydrogen-bond acceptors (Lipinski definition) is 7. The van der Waals surface area contributed by atoms with E-state index in [9.17, 15) is 19.5 Å². The molecule has 10 heteroatoms. The van der Waals surface area contributed by atoms with Gasteiger partial charge in [-0.1, -0.05) is 91.0 Å². The first-order valence-corrected chi connectivity index (χ1v) is 15.5. The van der Waals surface area contributed by atoms with Crippen LogP contribution in [0, 0.1) is 5.41 Å². The molecule has 0 fully saturated rings. The number of anilines is 1. The van der Waals surface area contributed by atoms with Crippen molar-refractivity contribution in [3.8, 4) is 11.5 Å². The number of nitrogens with two attached hydrogens (primary N) is 1. The number of amidine groups is 1. The molecule has 0 heterocycles. The monoisotopic (exact) mass is 656 g/mol. The highest BCUT2D eigenvalue weighted by Gasteiger charge is 2.32. The number of carboxylic acids is 1. The van der Waals surface area contributed by atoms with Crippen molar-refractivity contribution >= 4 is 29.2 Å². The van der Waals surface area contributed by atoms with Gasteiger partial charge in [0.2, 0.25) is 5.91 Å². The molecule has 1 amide bonds. The molecule has 0 aliphatic rings. The lowest BCUT2D eigenvalue weighted by Gasteiger charge is -2.26. The van der Waals surface area contributed by atoms with Gasteiger partial charge < -0.3 is 30.9 Å². The van der Waals surface area contributed by atoms with Crippen LogP contribution in [0.3, 0.4) is 0 Å². The van der Waals surface area contributed by atoms with Crippen LogP contribution < -0.4 is 25.8 Å². The van der Waals surface area contributed by atoms with Gasteiger partial charge in [-0.2, -0.15) is 0 Å². The van der Waals surface area contributed by atoms with Crippen molar-refractivity contribution in [1.29, 1.82) is 5.41 Å². The second-order valence-electron chi connectivity index (χ2n) is 11.2. The van der Waals surface area contributed by atoms with Gasteiger partial charge in [0.25, 0.3) is 0 Å². The molecule has 5 rings (SSSR count). The minimum absolute atomic E-state index is 0.0295. The predicted molar refractivity (Wildman–Crippen MR) is 187 cm³/mol. The van der Waals surface area contributed by atoms with Gasteiger partial charge in [0.05, 0.1) is 7.11 Å². The number of nitrogens with one attached hydrogen (secondary N) is 3. The molecule has 248 valence electrons. The maximum Gasteiger partial charge on any atom is 0.330 e. The highest BCUT2D eigenvalue weighted by atomic mass is 16.5. The molecule has 6 N–H and O–H groups in total. The summed E-state index contributed by atoms with van der Waals surface area (Å²) in [7, 11) is 1.46. The van der Waals surface area contributed by atoms with Gasteiger partial charge in [-0.25, -0.2) is 4.79 Å². The molecule has 2 atom stereocenters. The van der Waals surface area contributed by atoms with Crippen molar-refractivity contribution in [3.63, 3.8) is 0 Å². The summed E-state index contributed by atoms with van der Waals surface area (Å²) in [5.74, 6) is -1.82. The molecule has 0 saturated carbocycles. The largest absolute Gasteiger partial charge is 0.493 e. The lowest BCUT2D eigenvalue weighted by Crippen LogP contribution is -2.39. The molecule has 0 aliphatic carbocycles. The van der Waals surface area contributed by atoms with Gasteiger partial charge in [-0.05, 0) is 58.7 Å². The second-order valence-corrected chi connectivity index (χ2v) is 11.2. The van der Waals surface area contributed by atoms with Crippen molar-refractivity contribution < 1.29 is 29.0 Å². The lowest BCUT2D eigenvalue weighted by molar-refractivity contribution is -0.142. The maximum atomic E-state index is 14.3. The van der Waals surface area contributed by atoms with Gasteiger partial charge in [0, 0.05) is 23.2 Å². The predicted octanol–water partition coefficient (Wildman–Crippen LogP) is 6.08. The Morgan fingerprint density at radius 2 is 1.37 bits per heavy atom. The van der Waals surface area contributed by atoms with Crippen LogP contribution in [-0.2, 0) is 22.6 Å². The van der Waals surface area contributed by atoms with E-state index >= 15 is 0 Å². The number of amides is 1. The second kappa shape index (κ2) is 15.9. The van der Waals surface area contributed by atoms with E-state index in [4.69, 9.17) is 20.6 Å². The summed E-state index contributed by atoms with van der Waals surface area (Å²) in [6.45, 7) is 0.199. The van der Waals surface area contributed by atoms with Crippen LogP contribution in [0.25, 0.3) is 0 Å². The summed E-state index contributed by atoms with van der Waals surface area (Å²) in [5.41, 5.74) is 9.06. The molecule has 0 aliphatic heterocycles. The lowest BCUT2D eigenvalue weighted by atomic mass is 9.92. The minimum Gasteiger partial charge on any atom is -0.493 e. The number of ketones is 1. The molecule has 49 heavy (non-hydrogen) atoms. The Balaban J connectivity index is 1.61. The highest BCUT2D eigenvalue weighted by molar-refractivity contribution is 6.02. The van der Waals surface area contributed by atoms with Crippen molar-refractivity contribution in [1.82, 2.24) is 5.32 Å². The van der Waals surface area contributed by atoms with Crippen LogP contribution in [-0.4, -0.2) is 35.7 Å². The van der Waals surface area contributed by atoms with Crippen molar-refractivity contribution in [2.75, 3.05) is 12.4 Å². The fourth-order valence-corrected chi connectivity index (χ4v) is 5.30. The van der Waals surface area contributed by atoms with Crippen molar-refractivity contribution in [3.05, 3.63) is 161 Å². The molecule has 10 nitrogen and oxygen atoms in total. The van der Waals surface area contributed by atoms with E-state index in [-0.39, 0.29) is 41.5 Å². The van der Waals surface area contributed by atoms with Gasteiger partial charge in [-0.15, -0.1) is 0 Å². The molecule has 5 aromatic rings. The Bertz CT molecular complexity index is 1920. The standard InChI is InChI=1S/C39H36N4O6/c1-48-33-23-31(30(32(44)21-25-11-5-2-6-12-25)22-34(33)49-24-26-13-7-3-8-14-26)36(42-29-19-17-28(18-20-29)37(40)41)38(45)43-35(39(46)47)27-15-9-4-10-16-27/h2-20,22-23,35-36,42H,21,24H2,1H3,(H3,40,41)(H,43,45)(H,46,47)/t35-,36+/m0/s1. The molecule has 0 unspecified atom stereocenters. The van der Waals surface area contributed by atoms with Gasteiger partial charge in [-0.3, -0.25) is 15.0 Å². The third kappa shape index (κ3) is 8.69. The number of aliphatic carboxylic acids is 1. The summed E-state index contributed by atoms with van der Waals surface area (Å²) in [4.78, 5) is 40.8. The Kier molecular flexibility index (Phi) is 11.0. The fraction of sp³-hybridized carbons (Fsp3) is 0.128. The van der Waals surface area contributed by atoms with Crippen molar-refractivity contribution in [2.24, 2.45) is 5.73 Å². The Labute approximate surface area is 284 Å². The highest BCUT2D eigenvalue weighted by Crippen LogP contribution is 2.36. The molecule has 0 spiro atoms. The normalized spacial score (nSPS) is 11.9. The van der Waals surface area contributed by atoms with E-state index in [2.05, 4.69) is 10.6 Å². The van der Waals surface area contributed by atoms with E-state index in [0.29, 0.717) is 22.6 Å². The first-order valence-electron chi connectivity index (χ1n) is 15.5. The van der Waals surface area contributed by atoms with Gasteiger partial charge in [0.15, 0.2) is 23.3 Å². The summed E-state index contributed by atoms with van der Waals surface area (Å²) in [5, 5.41) is 23.7. The zero-order valence-electron chi connectivity index (χ0n) is 26.8. The zero-order valence-corrected chi connectivity index (χ0v) is 26.8. The number of rotatable bonds is 15. The molecule has 0 aromatic heterocycles. The average Bonchev–Trinajstić information content (AvgIpc) is 3.12. The summed E-state index contributed by atoms with van der Waals surface area (Å²) < 4.78 is 11.9. The molecule has 0 saturated heterocycles. The Morgan fingerprint density at radius 3 is 1.94 bits per heavy atom. The van der Waals surface area contributed by atoms with Gasteiger partial charge >= 0.3 is 5.97 Å². The first-order chi connectivity index (χ1) is 23.7. The topological polar surface area (TPSA) is 164 Å². The van der Waals surface area contributed by atoms with Crippen molar-refractivity contribution in [2.45, 2.75) is 25.1 Å². The van der Waals surface area contributed by atoms with Crippen LogP contribution in [0.1, 0.15) is 50.3 Å². The number of carboxylic acid groups (broad SMARTS) is 1. The average molecular weight is 657 g/mol. The van der Waals surface area contributed by atoms with Crippen LogP contribution in [0.4, 0.5) is 5.69 Å². The van der Waals surface area contributed by atoms with E-state index in [1.807, 2.05) is 60.7 Å². The zero-order chi connectivity index (χ0) is 34.8. The number of hydrogen-bond donors (Lipinski definition) is 5. The number of ether oxygens (including phenoxy) is 2. The Morgan fingerprint density at radius 1 is 0.776 bits per heavy atom. The minimum atomic E-state index is -1.38. The number of nitrogen functional groups attached to an aromatic ring is 1. The smallest absolute Gasteiger partial charge is 0.330 e. The summed E-state index contributed by atoms with van der Waals surface area (Å²) in [6.07, 6.45) is 0.0295. The number of carbonyl (C=O) groups is 3. The molecule has 0 bridgehead atoms. The molecule has 0 radical (unpaired) electrons. The summed E-state index contributed by atoms with van der Waals surface area (Å²) >= 11 is 0. The van der Waals surface area contributed by atoms with E-state index in [1.54, 1.807) is 66.7 Å². The fourth-order valence-electron chi connectivity index (χ4n) is 5.30. The number of benzene rings is 5. The van der Waals surface area contributed by atoms with E-state index < -0.39 is 24.0 Å². The third-order valence-corrected chi connectivity index (χ3v) is 7.83. The van der Waals surface area contributed by atoms with Gasteiger partial charge in [0.1, 0.15) is 18.5 Å². The van der Waals surface area contributed by atoms with Crippen LogP contribution in [0.5, 0.6) is 11.5 Å². The van der Waals surface area contributed by atoms with Crippen LogP contribution >= 0.6 is 0 Å². The number of methoxy groups -OCH3 is 1. The number of carbonyl (C=O) groups excluding carboxylic acids is 2. The third-order valence-electron chi connectivity index (χ3n) is 7.83. The molecular weight excluding hydrogens is 620 g/mol. The molecular formula is C39H36N4O6. The van der Waals surface area contributed by atoms with Crippen LogP contribution in [0.2, 0.25) is 0 Å². The molecule has 5 aromatic carbocycles. The van der Waals surface area contributed by atoms with Crippen LogP contribution in [0.15, 0.2) is 127 Å².